The summed E-state index contributed by atoms with van der Waals surface area (Å²) in [6, 6.07) is 0. The molecule has 1 aromatic heterocycles. The van der Waals surface area contributed by atoms with E-state index in [1.165, 1.54) is 0 Å². The van der Waals surface area contributed by atoms with Gasteiger partial charge in [-0.05, 0) is 29.8 Å². The van der Waals surface area contributed by atoms with Gasteiger partial charge in [-0.3, -0.25) is 4.98 Å². The lowest BCUT2D eigenvalue weighted by atomic mass is 10.4. The molecule has 0 radical (unpaired) electrons. The second-order valence-corrected chi connectivity index (χ2v) is 3.56. The summed E-state index contributed by atoms with van der Waals surface area (Å²) in [5, 5.41) is 0. The topological polar surface area (TPSA) is 48.1 Å². The van der Waals surface area contributed by atoms with Crippen LogP contribution >= 0.6 is 15.9 Å². The molecule has 0 aliphatic rings. The lowest BCUT2D eigenvalue weighted by Crippen LogP contribution is -2.08. The van der Waals surface area contributed by atoms with Gasteiger partial charge in [-0.25, -0.2) is 0 Å². The molecular weight excluding hydrogens is 220 g/mol. The van der Waals surface area contributed by atoms with Crippen molar-refractivity contribution < 1.29 is 4.74 Å². The molecule has 66 valence electrons. The van der Waals surface area contributed by atoms with Gasteiger partial charge in [-0.1, -0.05) is 0 Å². The van der Waals surface area contributed by atoms with Crippen molar-refractivity contribution in [3.8, 4) is 5.75 Å². The molecule has 0 atom stereocenters. The van der Waals surface area contributed by atoms with E-state index in [2.05, 4.69) is 20.9 Å². The molecule has 1 rings (SSSR count). The molecule has 0 aliphatic heterocycles. The predicted octanol–water partition coefficient (Wildman–Crippen LogP) is 2.21. The minimum atomic E-state index is 0.117. The molecule has 0 saturated heterocycles. The highest BCUT2D eigenvalue weighted by atomic mass is 79.9. The van der Waals surface area contributed by atoms with E-state index in [-0.39, 0.29) is 6.10 Å². The molecule has 0 bridgehead atoms. The maximum Gasteiger partial charge on any atom is 0.159 e. The normalized spacial score (nSPS) is 10.3. The summed E-state index contributed by atoms with van der Waals surface area (Å²) in [6.45, 7) is 3.90. The zero-order valence-electron chi connectivity index (χ0n) is 7.04. The maximum absolute atomic E-state index is 5.65. The quantitative estimate of drug-likeness (QED) is 0.848. The van der Waals surface area contributed by atoms with Crippen LogP contribution in [-0.2, 0) is 0 Å². The Morgan fingerprint density at radius 2 is 2.17 bits per heavy atom. The van der Waals surface area contributed by atoms with Gasteiger partial charge in [0.1, 0.15) is 0 Å². The number of hydrogen-bond acceptors (Lipinski definition) is 3. The zero-order chi connectivity index (χ0) is 9.14. The van der Waals surface area contributed by atoms with Gasteiger partial charge in [0.05, 0.1) is 22.5 Å². The molecule has 2 N–H and O–H groups in total. The van der Waals surface area contributed by atoms with Crippen molar-refractivity contribution in [3.63, 3.8) is 0 Å². The highest BCUT2D eigenvalue weighted by molar-refractivity contribution is 9.10. The van der Waals surface area contributed by atoms with Crippen LogP contribution in [0.15, 0.2) is 16.9 Å². The number of aromatic nitrogens is 1. The fraction of sp³-hybridized carbons (Fsp3) is 0.375. The highest BCUT2D eigenvalue weighted by Gasteiger charge is 2.06. The summed E-state index contributed by atoms with van der Waals surface area (Å²) >= 11 is 3.31. The van der Waals surface area contributed by atoms with Gasteiger partial charge in [0.15, 0.2) is 5.75 Å². The number of anilines is 1. The number of hydrogen-bond donors (Lipinski definition) is 1. The van der Waals surface area contributed by atoms with E-state index < -0.39 is 0 Å². The van der Waals surface area contributed by atoms with Crippen LogP contribution in [-0.4, -0.2) is 11.1 Å². The molecule has 0 fully saturated rings. The van der Waals surface area contributed by atoms with Crippen LogP contribution in [0.25, 0.3) is 0 Å². The Morgan fingerprint density at radius 1 is 1.50 bits per heavy atom. The Labute approximate surface area is 80.1 Å². The summed E-state index contributed by atoms with van der Waals surface area (Å²) in [4.78, 5) is 3.90. The average molecular weight is 231 g/mol. The van der Waals surface area contributed by atoms with Gasteiger partial charge in [-0.15, -0.1) is 0 Å². The van der Waals surface area contributed by atoms with E-state index in [0.29, 0.717) is 11.4 Å². The summed E-state index contributed by atoms with van der Waals surface area (Å²) in [6.07, 6.45) is 3.35. The minimum Gasteiger partial charge on any atom is -0.488 e. The lowest BCUT2D eigenvalue weighted by Gasteiger charge is -2.12. The van der Waals surface area contributed by atoms with Gasteiger partial charge in [0.2, 0.25) is 0 Å². The fourth-order valence-electron chi connectivity index (χ4n) is 0.798. The van der Waals surface area contributed by atoms with Crippen molar-refractivity contribution in [2.45, 2.75) is 20.0 Å². The molecule has 12 heavy (non-hydrogen) atoms. The van der Waals surface area contributed by atoms with Crippen LogP contribution < -0.4 is 10.5 Å². The third-order valence-corrected chi connectivity index (χ3v) is 1.80. The molecular formula is C8H11BrN2O. The first kappa shape index (κ1) is 9.32. The van der Waals surface area contributed by atoms with E-state index in [1.807, 2.05) is 13.8 Å². The summed E-state index contributed by atoms with van der Waals surface area (Å²) in [7, 11) is 0. The number of nitrogens with zero attached hydrogens (tertiary/aromatic N) is 1. The van der Waals surface area contributed by atoms with Crippen molar-refractivity contribution in [1.29, 1.82) is 0 Å². The summed E-state index contributed by atoms with van der Waals surface area (Å²) < 4.78 is 6.25. The number of nitrogen functional groups attached to an aromatic ring is 1. The van der Waals surface area contributed by atoms with Crippen LogP contribution in [0.2, 0.25) is 0 Å². The number of nitrogens with two attached hydrogens (primary N) is 1. The van der Waals surface area contributed by atoms with Gasteiger partial charge < -0.3 is 10.5 Å². The smallest absolute Gasteiger partial charge is 0.159 e. The minimum absolute atomic E-state index is 0.117. The third-order valence-electron chi connectivity index (χ3n) is 1.23. The predicted molar refractivity (Wildman–Crippen MR) is 52.1 cm³/mol. The maximum atomic E-state index is 5.65. The van der Waals surface area contributed by atoms with Crippen LogP contribution in [0, 0.1) is 0 Å². The molecule has 0 amide bonds. The lowest BCUT2D eigenvalue weighted by molar-refractivity contribution is 0.242. The van der Waals surface area contributed by atoms with E-state index in [1.54, 1.807) is 12.4 Å². The van der Waals surface area contributed by atoms with Crippen molar-refractivity contribution in [3.05, 3.63) is 16.9 Å². The van der Waals surface area contributed by atoms with E-state index >= 15 is 0 Å². The number of halogens is 1. The van der Waals surface area contributed by atoms with Crippen LogP contribution in [0.5, 0.6) is 5.75 Å². The van der Waals surface area contributed by atoms with E-state index in [9.17, 15) is 0 Å². The molecule has 0 aliphatic carbocycles. The number of ether oxygens (including phenoxy) is 1. The molecule has 0 aromatic carbocycles. The first-order valence-corrected chi connectivity index (χ1v) is 4.46. The van der Waals surface area contributed by atoms with E-state index in [0.717, 1.165) is 4.47 Å². The molecule has 1 aromatic rings. The Kier molecular flexibility index (Phi) is 2.92. The second-order valence-electron chi connectivity index (χ2n) is 2.71. The van der Waals surface area contributed by atoms with Crippen molar-refractivity contribution in [1.82, 2.24) is 4.98 Å². The molecule has 1 heterocycles. The fourth-order valence-corrected chi connectivity index (χ4v) is 1.24. The Hall–Kier alpha value is -0.770. The second kappa shape index (κ2) is 3.76. The van der Waals surface area contributed by atoms with Crippen molar-refractivity contribution in [2.24, 2.45) is 0 Å². The van der Waals surface area contributed by atoms with Gasteiger partial charge in [0, 0.05) is 6.20 Å². The molecule has 0 unspecified atom stereocenters. The van der Waals surface area contributed by atoms with Gasteiger partial charge >= 0.3 is 0 Å². The first-order valence-electron chi connectivity index (χ1n) is 3.67. The molecule has 4 heteroatoms. The Bertz CT molecular complexity index is 256. The standard InChI is InChI=1S/C8H11BrN2O/c1-5(2)12-8-6(9)3-11-4-7(8)10/h3-5H,10H2,1-2H3. The van der Waals surface area contributed by atoms with Crippen LogP contribution in [0.4, 0.5) is 5.69 Å². The third kappa shape index (κ3) is 2.11. The SMILES string of the molecule is CC(C)Oc1c(N)cncc1Br. The molecule has 0 spiro atoms. The Morgan fingerprint density at radius 3 is 2.67 bits per heavy atom. The van der Waals surface area contributed by atoms with Crippen LogP contribution in [0.1, 0.15) is 13.8 Å². The van der Waals surface area contributed by atoms with Crippen molar-refractivity contribution >= 4 is 21.6 Å². The van der Waals surface area contributed by atoms with E-state index in [4.69, 9.17) is 10.5 Å². The van der Waals surface area contributed by atoms with Gasteiger partial charge in [-0.2, -0.15) is 0 Å². The Balaban J connectivity index is 2.96. The average Bonchev–Trinajstić information content (AvgIpc) is 1.97. The zero-order valence-corrected chi connectivity index (χ0v) is 8.63. The van der Waals surface area contributed by atoms with Crippen molar-refractivity contribution in [2.75, 3.05) is 5.73 Å². The highest BCUT2D eigenvalue weighted by Crippen LogP contribution is 2.30. The number of pyridine rings is 1. The largest absolute Gasteiger partial charge is 0.488 e. The first-order chi connectivity index (χ1) is 5.61. The monoisotopic (exact) mass is 230 g/mol. The number of rotatable bonds is 2. The molecule has 0 saturated carbocycles. The van der Waals surface area contributed by atoms with Gasteiger partial charge in [0.25, 0.3) is 0 Å². The van der Waals surface area contributed by atoms with Crippen LogP contribution in [0.3, 0.4) is 0 Å². The molecule has 3 nitrogen and oxygen atoms in total. The summed E-state index contributed by atoms with van der Waals surface area (Å²) in [5.74, 6) is 0.667. The summed E-state index contributed by atoms with van der Waals surface area (Å²) in [5.41, 5.74) is 6.21.